The molecule has 0 spiro atoms. The molecule has 498 valence electrons. The van der Waals surface area contributed by atoms with Crippen molar-refractivity contribution < 1.29 is 80.2 Å². The molecule has 0 saturated carbocycles. The van der Waals surface area contributed by atoms with Gasteiger partial charge in [-0.15, -0.1) is 0 Å². The van der Waals surface area contributed by atoms with Gasteiger partial charge in [-0.25, -0.2) is 9.13 Å². The summed E-state index contributed by atoms with van der Waals surface area (Å²) in [5, 5.41) is 10.5. The molecule has 0 rings (SSSR count). The van der Waals surface area contributed by atoms with Crippen molar-refractivity contribution in [3.8, 4) is 0 Å². The summed E-state index contributed by atoms with van der Waals surface area (Å²) in [5.74, 6) is -1.42. The lowest BCUT2D eigenvalue weighted by Crippen LogP contribution is -2.30. The van der Waals surface area contributed by atoms with Crippen LogP contribution in [-0.4, -0.2) is 96.7 Å². The molecule has 0 heterocycles. The number of unbranched alkanes of at least 4 members (excludes halogenated alkanes) is 37. The van der Waals surface area contributed by atoms with E-state index in [2.05, 4.69) is 34.6 Å². The highest BCUT2D eigenvalue weighted by molar-refractivity contribution is 7.47. The fourth-order valence-corrected chi connectivity index (χ4v) is 11.3. The van der Waals surface area contributed by atoms with Crippen molar-refractivity contribution in [1.29, 1.82) is 0 Å². The second-order valence-corrected chi connectivity index (χ2v) is 26.9. The number of esters is 4. The Hall–Kier alpha value is -1.94. The van der Waals surface area contributed by atoms with E-state index in [-0.39, 0.29) is 25.7 Å². The number of rotatable bonds is 65. The van der Waals surface area contributed by atoms with Gasteiger partial charge in [0.05, 0.1) is 26.4 Å². The summed E-state index contributed by atoms with van der Waals surface area (Å²) < 4.78 is 67.7. The van der Waals surface area contributed by atoms with Crippen LogP contribution in [0.5, 0.6) is 0 Å². The van der Waals surface area contributed by atoms with Crippen molar-refractivity contribution >= 4 is 39.5 Å². The van der Waals surface area contributed by atoms with E-state index in [1.807, 2.05) is 0 Å². The summed E-state index contributed by atoms with van der Waals surface area (Å²) >= 11 is 0. The topological polar surface area (TPSA) is 237 Å². The summed E-state index contributed by atoms with van der Waals surface area (Å²) in [4.78, 5) is 71.8. The van der Waals surface area contributed by atoms with Crippen LogP contribution in [0.3, 0.4) is 0 Å². The molecule has 0 aliphatic heterocycles. The lowest BCUT2D eigenvalue weighted by atomic mass is 10.0. The Kier molecular flexibility index (Phi) is 57.4. The van der Waals surface area contributed by atoms with E-state index in [9.17, 15) is 43.2 Å². The van der Waals surface area contributed by atoms with Gasteiger partial charge >= 0.3 is 39.5 Å². The lowest BCUT2D eigenvalue weighted by molar-refractivity contribution is -0.161. The molecular weight excluding hydrogens is 1110 g/mol. The van der Waals surface area contributed by atoms with Crippen molar-refractivity contribution in [2.75, 3.05) is 39.6 Å². The number of phosphoric acid groups is 2. The van der Waals surface area contributed by atoms with E-state index in [1.54, 1.807) is 0 Å². The molecule has 0 bridgehead atoms. The van der Waals surface area contributed by atoms with Gasteiger partial charge in [-0.1, -0.05) is 279 Å². The van der Waals surface area contributed by atoms with Gasteiger partial charge in [0.15, 0.2) is 12.2 Å². The number of carbonyl (C=O) groups is 4. The van der Waals surface area contributed by atoms with E-state index in [0.29, 0.717) is 25.7 Å². The molecule has 0 aromatic heterocycles. The van der Waals surface area contributed by atoms with Crippen LogP contribution in [0.2, 0.25) is 0 Å². The molecule has 0 aromatic rings. The predicted octanol–water partition coefficient (Wildman–Crippen LogP) is 18.2. The van der Waals surface area contributed by atoms with E-state index in [1.165, 1.54) is 135 Å². The molecule has 0 amide bonds. The van der Waals surface area contributed by atoms with Gasteiger partial charge in [0.25, 0.3) is 0 Å². The van der Waals surface area contributed by atoms with Gasteiger partial charge in [-0.05, 0) is 31.6 Å². The maximum Gasteiger partial charge on any atom is 0.472 e. The monoisotopic (exact) mass is 1240 g/mol. The molecule has 2 unspecified atom stereocenters. The Morgan fingerprint density at radius 3 is 0.810 bits per heavy atom. The summed E-state index contributed by atoms with van der Waals surface area (Å²) in [6.07, 6.45) is 43.9. The third kappa shape index (κ3) is 59.0. The quantitative estimate of drug-likeness (QED) is 0.0222. The van der Waals surface area contributed by atoms with Crippen LogP contribution >= 0.6 is 15.6 Å². The normalized spacial score (nSPS) is 14.2. The molecule has 0 saturated heterocycles. The largest absolute Gasteiger partial charge is 0.472 e. The van der Waals surface area contributed by atoms with Gasteiger partial charge in [-0.3, -0.25) is 37.3 Å². The molecule has 84 heavy (non-hydrogen) atoms. The third-order valence-corrected chi connectivity index (χ3v) is 16.9. The second-order valence-electron chi connectivity index (χ2n) is 24.0. The first-order valence-corrected chi connectivity index (χ1v) is 37.1. The van der Waals surface area contributed by atoms with Crippen molar-refractivity contribution in [3.05, 3.63) is 0 Å². The summed E-state index contributed by atoms with van der Waals surface area (Å²) in [6.45, 7) is 7.03. The zero-order chi connectivity index (χ0) is 62.0. The standard InChI is InChI=1S/C65H126O17P2/c1-6-9-12-15-17-18-19-20-21-22-23-24-25-26-27-28-29-30-36-41-46-51-65(70)82-61(55-76-63(68)49-44-39-35-32-31-34-38-42-47-58(4)5)57-80-84(73,74)78-53-59(66)52-77-83(71,72)79-56-60(54-75-62(67)48-43-37-14-11-8-3)81-64(69)50-45-40-33-16-13-10-7-2/h58-61,66H,6-57H2,1-5H3,(H,71,72)(H,73,74)/t59-,60+,61+/m0/s1. The first kappa shape index (κ1) is 82.1. The summed E-state index contributed by atoms with van der Waals surface area (Å²) in [5.41, 5.74) is 0. The molecule has 0 aliphatic rings. The van der Waals surface area contributed by atoms with Crippen molar-refractivity contribution in [2.24, 2.45) is 5.92 Å². The van der Waals surface area contributed by atoms with Gasteiger partial charge in [0.1, 0.15) is 19.3 Å². The van der Waals surface area contributed by atoms with Crippen LogP contribution in [0.1, 0.15) is 330 Å². The minimum Gasteiger partial charge on any atom is -0.462 e. The van der Waals surface area contributed by atoms with E-state index >= 15 is 0 Å². The van der Waals surface area contributed by atoms with Crippen molar-refractivity contribution in [2.45, 2.75) is 348 Å². The number of carbonyl (C=O) groups excluding carboxylic acids is 4. The number of ether oxygens (including phenoxy) is 4. The first-order chi connectivity index (χ1) is 40.5. The second kappa shape index (κ2) is 58.7. The molecule has 17 nitrogen and oxygen atoms in total. The zero-order valence-electron chi connectivity index (χ0n) is 54.0. The highest BCUT2D eigenvalue weighted by atomic mass is 31.2. The van der Waals surface area contributed by atoms with Crippen LogP contribution in [0.25, 0.3) is 0 Å². The minimum absolute atomic E-state index is 0.103. The summed E-state index contributed by atoms with van der Waals surface area (Å²) in [7, 11) is -9.87. The minimum atomic E-state index is -4.94. The molecular formula is C65H126O17P2. The van der Waals surface area contributed by atoms with E-state index in [0.717, 1.165) is 115 Å². The van der Waals surface area contributed by atoms with Gasteiger partial charge in [0, 0.05) is 25.7 Å². The van der Waals surface area contributed by atoms with Crippen molar-refractivity contribution in [3.63, 3.8) is 0 Å². The van der Waals surface area contributed by atoms with E-state index < -0.39 is 97.5 Å². The smallest absolute Gasteiger partial charge is 0.462 e. The number of aliphatic hydroxyl groups excluding tert-OH is 1. The van der Waals surface area contributed by atoms with Gasteiger partial charge < -0.3 is 33.8 Å². The Morgan fingerprint density at radius 2 is 0.548 bits per heavy atom. The molecule has 0 aromatic carbocycles. The van der Waals surface area contributed by atoms with Gasteiger partial charge in [-0.2, -0.15) is 0 Å². The fourth-order valence-electron chi connectivity index (χ4n) is 9.76. The molecule has 0 aliphatic carbocycles. The number of phosphoric ester groups is 2. The molecule has 0 radical (unpaired) electrons. The molecule has 3 N–H and O–H groups in total. The predicted molar refractivity (Wildman–Crippen MR) is 335 cm³/mol. The highest BCUT2D eigenvalue weighted by Gasteiger charge is 2.30. The van der Waals surface area contributed by atoms with Crippen molar-refractivity contribution in [1.82, 2.24) is 0 Å². The fraction of sp³-hybridized carbons (Fsp3) is 0.938. The third-order valence-electron chi connectivity index (χ3n) is 15.0. The molecule has 5 atom stereocenters. The van der Waals surface area contributed by atoms with Crippen LogP contribution in [0.4, 0.5) is 0 Å². The zero-order valence-corrected chi connectivity index (χ0v) is 55.8. The maximum absolute atomic E-state index is 13.0. The van der Waals surface area contributed by atoms with E-state index in [4.69, 9.17) is 37.0 Å². The lowest BCUT2D eigenvalue weighted by Gasteiger charge is -2.21. The first-order valence-electron chi connectivity index (χ1n) is 34.1. The Labute approximate surface area is 511 Å². The van der Waals surface area contributed by atoms with Crippen LogP contribution < -0.4 is 0 Å². The van der Waals surface area contributed by atoms with Gasteiger partial charge in [0.2, 0.25) is 0 Å². The molecule has 19 heteroatoms. The number of hydrogen-bond donors (Lipinski definition) is 3. The SMILES string of the molecule is CCCCCCCCCCCCCCCCCCCCCCCC(=O)O[C@H](COC(=O)CCCCCCCCCCC(C)C)COP(=O)(O)OC[C@@H](O)COP(=O)(O)OC[C@@H](COC(=O)CCCCCCC)OC(=O)CCCCCCCCC. The highest BCUT2D eigenvalue weighted by Crippen LogP contribution is 2.45. The van der Waals surface area contributed by atoms with Crippen LogP contribution in [-0.2, 0) is 65.4 Å². The Morgan fingerprint density at radius 1 is 0.321 bits per heavy atom. The summed E-state index contributed by atoms with van der Waals surface area (Å²) in [6, 6.07) is 0. The number of aliphatic hydroxyl groups is 1. The Balaban J connectivity index is 5.06. The average molecular weight is 1240 g/mol. The van der Waals surface area contributed by atoms with Crippen LogP contribution in [0, 0.1) is 5.92 Å². The van der Waals surface area contributed by atoms with Crippen LogP contribution in [0.15, 0.2) is 0 Å². The maximum atomic E-state index is 13.0. The number of hydrogen-bond acceptors (Lipinski definition) is 15. The average Bonchev–Trinajstić information content (AvgIpc) is 3.49. The molecule has 0 fully saturated rings. The Bertz CT molecular complexity index is 1640.